The smallest absolute Gasteiger partial charge is 0.253 e. The Morgan fingerprint density at radius 2 is 2.30 bits per heavy atom. The Bertz CT molecular complexity index is 966. The summed E-state index contributed by atoms with van der Waals surface area (Å²) in [5, 5.41) is 4.87. The lowest BCUT2D eigenvalue weighted by atomic mass is 9.98. The Morgan fingerprint density at radius 3 is 3.07 bits per heavy atom. The predicted octanol–water partition coefficient (Wildman–Crippen LogP) is 2.32. The molecule has 27 heavy (non-hydrogen) atoms. The van der Waals surface area contributed by atoms with Gasteiger partial charge in [-0.3, -0.25) is 9.59 Å². The Morgan fingerprint density at radius 1 is 1.41 bits per heavy atom. The van der Waals surface area contributed by atoms with E-state index in [0.717, 1.165) is 25.9 Å². The number of hydrogen-bond acceptors (Lipinski definition) is 6. The van der Waals surface area contributed by atoms with E-state index in [9.17, 15) is 9.59 Å². The number of ketones is 1. The molecule has 3 aromatic rings. The van der Waals surface area contributed by atoms with Crippen molar-refractivity contribution < 1.29 is 9.59 Å². The second-order valence-electron chi connectivity index (χ2n) is 6.93. The number of carbonyl (C=O) groups is 2. The molecule has 2 N–H and O–H groups in total. The van der Waals surface area contributed by atoms with E-state index in [1.54, 1.807) is 18.3 Å². The third-order valence-electron chi connectivity index (χ3n) is 4.87. The second-order valence-corrected chi connectivity index (χ2v) is 7.88. The first-order chi connectivity index (χ1) is 13.1. The normalized spacial score (nSPS) is 17.9. The summed E-state index contributed by atoms with van der Waals surface area (Å²) >= 11 is 1.36. The van der Waals surface area contributed by atoms with Crippen LogP contribution in [0, 0.1) is 5.92 Å². The third kappa shape index (κ3) is 3.77. The van der Waals surface area contributed by atoms with Crippen molar-refractivity contribution in [3.05, 3.63) is 46.0 Å². The van der Waals surface area contributed by atoms with Crippen LogP contribution in [-0.4, -0.2) is 58.2 Å². The van der Waals surface area contributed by atoms with Crippen molar-refractivity contribution in [1.29, 1.82) is 0 Å². The SMILES string of the molecule is CN1CCCC(CNC(=O)c2ccnc3nc(C(=O)c4cccs4)[nH]c23)C1. The summed E-state index contributed by atoms with van der Waals surface area (Å²) in [6, 6.07) is 5.23. The molecule has 8 heteroatoms. The maximum Gasteiger partial charge on any atom is 0.253 e. The first-order valence-electron chi connectivity index (χ1n) is 9.01. The Hall–Kier alpha value is -2.58. The molecule has 1 fully saturated rings. The quantitative estimate of drug-likeness (QED) is 0.660. The molecular weight excluding hydrogens is 362 g/mol. The number of imidazole rings is 1. The van der Waals surface area contributed by atoms with Crippen LogP contribution >= 0.6 is 11.3 Å². The fourth-order valence-corrected chi connectivity index (χ4v) is 4.17. The number of H-pyrrole nitrogens is 1. The monoisotopic (exact) mass is 383 g/mol. The fourth-order valence-electron chi connectivity index (χ4n) is 3.50. The lowest BCUT2D eigenvalue weighted by Crippen LogP contribution is -2.39. The van der Waals surface area contributed by atoms with Gasteiger partial charge in [-0.1, -0.05) is 6.07 Å². The second kappa shape index (κ2) is 7.58. The molecule has 1 saturated heterocycles. The molecule has 140 valence electrons. The van der Waals surface area contributed by atoms with Crippen molar-refractivity contribution in [2.75, 3.05) is 26.7 Å². The van der Waals surface area contributed by atoms with E-state index >= 15 is 0 Å². The van der Waals surface area contributed by atoms with Gasteiger partial charge in [0.15, 0.2) is 11.5 Å². The highest BCUT2D eigenvalue weighted by Gasteiger charge is 2.21. The minimum atomic E-state index is -0.195. The molecule has 1 atom stereocenters. The summed E-state index contributed by atoms with van der Waals surface area (Å²) in [4.78, 5) is 39.6. The molecule has 3 aromatic heterocycles. The van der Waals surface area contributed by atoms with Gasteiger partial charge in [0.2, 0.25) is 5.78 Å². The number of likely N-dealkylation sites (tertiary alicyclic amines) is 1. The number of thiophene rings is 1. The maximum absolute atomic E-state index is 12.7. The van der Waals surface area contributed by atoms with Gasteiger partial charge >= 0.3 is 0 Å². The van der Waals surface area contributed by atoms with Gasteiger partial charge in [-0.05, 0) is 49.9 Å². The molecule has 0 aliphatic carbocycles. The van der Waals surface area contributed by atoms with Crippen LogP contribution in [0.2, 0.25) is 0 Å². The zero-order chi connectivity index (χ0) is 18.8. The third-order valence-corrected chi connectivity index (χ3v) is 5.74. The first-order valence-corrected chi connectivity index (χ1v) is 9.89. The van der Waals surface area contributed by atoms with E-state index in [4.69, 9.17) is 0 Å². The van der Waals surface area contributed by atoms with Crippen LogP contribution in [0.1, 0.15) is 38.7 Å². The van der Waals surface area contributed by atoms with Crippen LogP contribution in [0.5, 0.6) is 0 Å². The fraction of sp³-hybridized carbons (Fsp3) is 0.368. The summed E-state index contributed by atoms with van der Waals surface area (Å²) in [7, 11) is 2.11. The van der Waals surface area contributed by atoms with Crippen molar-refractivity contribution >= 4 is 34.2 Å². The zero-order valence-corrected chi connectivity index (χ0v) is 15.9. The van der Waals surface area contributed by atoms with E-state index in [1.165, 1.54) is 11.3 Å². The average Bonchev–Trinajstić information content (AvgIpc) is 3.35. The van der Waals surface area contributed by atoms with E-state index in [-0.39, 0.29) is 17.5 Å². The van der Waals surface area contributed by atoms with E-state index < -0.39 is 0 Å². The summed E-state index contributed by atoms with van der Waals surface area (Å²) in [5.74, 6) is 0.297. The lowest BCUT2D eigenvalue weighted by molar-refractivity contribution is 0.0937. The standard InChI is InChI=1S/C19H21N5O2S/c1-24-8-2-4-12(11-24)10-21-19(26)13-6-7-20-17-15(13)22-18(23-17)16(25)14-5-3-9-27-14/h3,5-7,9,12H,2,4,8,10-11H2,1H3,(H,21,26)(H,20,22,23). The van der Waals surface area contributed by atoms with Crippen molar-refractivity contribution in [3.63, 3.8) is 0 Å². The van der Waals surface area contributed by atoms with Gasteiger partial charge in [0.05, 0.1) is 16.0 Å². The van der Waals surface area contributed by atoms with Crippen LogP contribution in [0.3, 0.4) is 0 Å². The molecule has 4 rings (SSSR count). The molecular formula is C19H21N5O2S. The lowest BCUT2D eigenvalue weighted by Gasteiger charge is -2.29. The largest absolute Gasteiger partial charge is 0.352 e. The summed E-state index contributed by atoms with van der Waals surface area (Å²) in [6.45, 7) is 2.75. The summed E-state index contributed by atoms with van der Waals surface area (Å²) < 4.78 is 0. The topological polar surface area (TPSA) is 91.0 Å². The Labute approximate surface area is 160 Å². The summed E-state index contributed by atoms with van der Waals surface area (Å²) in [5.41, 5.74) is 1.33. The number of pyridine rings is 1. The average molecular weight is 383 g/mol. The van der Waals surface area contributed by atoms with Gasteiger partial charge in [0.1, 0.15) is 0 Å². The molecule has 1 unspecified atom stereocenters. The van der Waals surface area contributed by atoms with E-state index in [2.05, 4.69) is 32.2 Å². The van der Waals surface area contributed by atoms with Crippen LogP contribution in [0.25, 0.3) is 11.2 Å². The van der Waals surface area contributed by atoms with Crippen LogP contribution in [0.15, 0.2) is 29.8 Å². The van der Waals surface area contributed by atoms with Gasteiger partial charge < -0.3 is 15.2 Å². The van der Waals surface area contributed by atoms with Gasteiger partial charge in [-0.25, -0.2) is 9.97 Å². The van der Waals surface area contributed by atoms with Gasteiger partial charge in [0, 0.05) is 19.3 Å². The molecule has 1 amide bonds. The van der Waals surface area contributed by atoms with Crippen molar-refractivity contribution in [3.8, 4) is 0 Å². The maximum atomic E-state index is 12.7. The minimum Gasteiger partial charge on any atom is -0.352 e. The number of amides is 1. The molecule has 0 radical (unpaired) electrons. The van der Waals surface area contributed by atoms with Gasteiger partial charge in [0.25, 0.3) is 5.91 Å². The molecule has 4 heterocycles. The molecule has 1 aliphatic heterocycles. The number of fused-ring (bicyclic) bond motifs is 1. The molecule has 1 aliphatic rings. The Balaban J connectivity index is 1.53. The number of aromatic amines is 1. The number of hydrogen-bond donors (Lipinski definition) is 2. The van der Waals surface area contributed by atoms with Crippen LogP contribution < -0.4 is 5.32 Å². The number of carbonyl (C=O) groups excluding carboxylic acids is 2. The Kier molecular flexibility index (Phi) is 5.00. The number of rotatable bonds is 5. The molecule has 0 aromatic carbocycles. The van der Waals surface area contributed by atoms with Crippen molar-refractivity contribution in [2.24, 2.45) is 5.92 Å². The van der Waals surface area contributed by atoms with Crippen molar-refractivity contribution in [2.45, 2.75) is 12.8 Å². The molecule has 0 spiro atoms. The van der Waals surface area contributed by atoms with Gasteiger partial charge in [-0.15, -0.1) is 11.3 Å². The number of aromatic nitrogens is 3. The van der Waals surface area contributed by atoms with Crippen molar-refractivity contribution in [1.82, 2.24) is 25.2 Å². The highest BCUT2D eigenvalue weighted by atomic mass is 32.1. The molecule has 7 nitrogen and oxygen atoms in total. The molecule has 0 bridgehead atoms. The highest BCUT2D eigenvalue weighted by molar-refractivity contribution is 7.12. The minimum absolute atomic E-state index is 0.172. The van der Waals surface area contributed by atoms with E-state index in [1.807, 2.05) is 11.4 Å². The van der Waals surface area contributed by atoms with E-state index in [0.29, 0.717) is 34.1 Å². The highest BCUT2D eigenvalue weighted by Crippen LogP contribution is 2.19. The first kappa shape index (κ1) is 17.8. The van der Waals surface area contributed by atoms with Crippen LogP contribution in [-0.2, 0) is 0 Å². The number of piperidine rings is 1. The molecule has 0 saturated carbocycles. The zero-order valence-electron chi connectivity index (χ0n) is 15.1. The van der Waals surface area contributed by atoms with Gasteiger partial charge in [-0.2, -0.15) is 0 Å². The summed E-state index contributed by atoms with van der Waals surface area (Å²) in [6.07, 6.45) is 3.83. The number of nitrogens with zero attached hydrogens (tertiary/aromatic N) is 3. The van der Waals surface area contributed by atoms with Crippen LogP contribution in [0.4, 0.5) is 0 Å². The predicted molar refractivity (Wildman–Crippen MR) is 104 cm³/mol. The number of nitrogens with one attached hydrogen (secondary N) is 2.